The Morgan fingerprint density at radius 2 is 1.69 bits per heavy atom. The second kappa shape index (κ2) is 17.4. The fraction of sp³-hybridized carbons (Fsp3) is 0.692. The van der Waals surface area contributed by atoms with Gasteiger partial charge >= 0.3 is 12.1 Å². The molecule has 0 spiro atoms. The Kier molecular flexibility index (Phi) is 13.2. The molecule has 2 aliphatic carbocycles. The number of fused-ring (bicyclic) bond motifs is 1. The standard InChI is InChI=1S/C39H56FN3O9/c1-23(48-5)22-50-37(46)33-20-27-19-28(13-16-32(27)51-33)41-35(44)34-30(24-11-14-29(49-6)15-12-24)17-18-43(34)36(45)26-9-7-25(8-10-26)31(21-40)42-38(47)52-39(2,3)4/h13,16,19-20,23-26,29-31,34H,7-12,14-15,17-18,21-22H2,1-6H3,(H,41,44)(H,42,47)/t23-,24?,25?,26?,29?,30-,31+,34+/m0/s1. The molecule has 3 fully saturated rings. The van der Waals surface area contributed by atoms with E-state index in [-0.39, 0.29) is 60.1 Å². The lowest BCUT2D eigenvalue weighted by Crippen LogP contribution is -2.50. The first kappa shape index (κ1) is 39.5. The van der Waals surface area contributed by atoms with Gasteiger partial charge in [-0.1, -0.05) is 0 Å². The van der Waals surface area contributed by atoms with Crippen molar-refractivity contribution in [1.82, 2.24) is 10.2 Å². The van der Waals surface area contributed by atoms with Gasteiger partial charge in [0.1, 0.15) is 30.5 Å². The van der Waals surface area contributed by atoms with E-state index in [4.69, 9.17) is 23.4 Å². The summed E-state index contributed by atoms with van der Waals surface area (Å²) >= 11 is 0. The third-order valence-corrected chi connectivity index (χ3v) is 11.0. The van der Waals surface area contributed by atoms with Crippen LogP contribution >= 0.6 is 0 Å². The smallest absolute Gasteiger partial charge is 0.407 e. The number of carbonyl (C=O) groups excluding carboxylic acids is 4. The van der Waals surface area contributed by atoms with Crippen LogP contribution in [-0.4, -0.2) is 92.7 Å². The fourth-order valence-corrected chi connectivity index (χ4v) is 8.16. The quantitative estimate of drug-likeness (QED) is 0.229. The average molecular weight is 730 g/mol. The number of anilines is 1. The van der Waals surface area contributed by atoms with Crippen LogP contribution < -0.4 is 10.6 Å². The van der Waals surface area contributed by atoms with E-state index >= 15 is 0 Å². The van der Waals surface area contributed by atoms with Crippen molar-refractivity contribution in [2.45, 2.75) is 115 Å². The average Bonchev–Trinajstić information content (AvgIpc) is 3.77. The van der Waals surface area contributed by atoms with Crippen molar-refractivity contribution in [2.24, 2.45) is 23.7 Å². The van der Waals surface area contributed by atoms with Crippen molar-refractivity contribution < 1.29 is 46.9 Å². The highest BCUT2D eigenvalue weighted by Crippen LogP contribution is 2.42. The molecule has 1 aromatic heterocycles. The highest BCUT2D eigenvalue weighted by atomic mass is 19.1. The van der Waals surface area contributed by atoms with Crippen LogP contribution in [0.15, 0.2) is 28.7 Å². The Balaban J connectivity index is 1.27. The molecule has 3 amide bonds. The van der Waals surface area contributed by atoms with Crippen LogP contribution in [-0.2, 0) is 28.5 Å². The summed E-state index contributed by atoms with van der Waals surface area (Å²) < 4.78 is 41.2. The van der Waals surface area contributed by atoms with Crippen molar-refractivity contribution in [3.8, 4) is 0 Å². The number of furan rings is 1. The second-order valence-corrected chi connectivity index (χ2v) is 15.7. The monoisotopic (exact) mass is 729 g/mol. The van der Waals surface area contributed by atoms with Crippen LogP contribution in [0, 0.1) is 23.7 Å². The number of nitrogens with one attached hydrogen (secondary N) is 2. The zero-order valence-electron chi connectivity index (χ0n) is 31.4. The molecule has 4 atom stereocenters. The SMILES string of the molecule is COC1CCC([C@@H]2CCN(C(=O)C3CCC([C@@H](CF)NC(=O)OC(C)(C)C)CC3)[C@H]2C(=O)Nc2ccc3oc(C(=O)OC[C@H](C)OC)cc3c2)CC1. The first-order valence-corrected chi connectivity index (χ1v) is 18.7. The predicted octanol–water partition coefficient (Wildman–Crippen LogP) is 6.65. The molecule has 1 saturated heterocycles. The lowest BCUT2D eigenvalue weighted by atomic mass is 9.75. The van der Waals surface area contributed by atoms with Gasteiger partial charge in [0.15, 0.2) is 0 Å². The highest BCUT2D eigenvalue weighted by molar-refractivity contribution is 6.00. The Morgan fingerprint density at radius 3 is 2.33 bits per heavy atom. The number of alkyl carbamates (subject to hydrolysis) is 1. The number of esters is 1. The van der Waals surface area contributed by atoms with Gasteiger partial charge in [-0.15, -0.1) is 0 Å². The van der Waals surface area contributed by atoms with Crippen LogP contribution in [0.1, 0.15) is 96.0 Å². The van der Waals surface area contributed by atoms with Crippen LogP contribution in [0.4, 0.5) is 14.9 Å². The Bertz CT molecular complexity index is 1540. The van der Waals surface area contributed by atoms with E-state index in [9.17, 15) is 23.6 Å². The third-order valence-electron chi connectivity index (χ3n) is 11.0. The molecule has 1 aliphatic heterocycles. The number of nitrogens with zero attached hydrogens (tertiary/aromatic N) is 1. The van der Waals surface area contributed by atoms with Gasteiger partial charge in [0.25, 0.3) is 0 Å². The maximum Gasteiger partial charge on any atom is 0.407 e. The number of amides is 3. The summed E-state index contributed by atoms with van der Waals surface area (Å²) in [7, 11) is 3.27. The molecule has 12 nitrogen and oxygen atoms in total. The lowest BCUT2D eigenvalue weighted by molar-refractivity contribution is -0.142. The molecule has 2 saturated carbocycles. The Hall–Kier alpha value is -3.71. The number of methoxy groups -OCH3 is 2. The van der Waals surface area contributed by atoms with Gasteiger partial charge in [-0.25, -0.2) is 14.0 Å². The molecule has 0 bridgehead atoms. The second-order valence-electron chi connectivity index (χ2n) is 15.7. The number of ether oxygens (including phenoxy) is 4. The minimum atomic E-state index is -0.715. The molecule has 1 aromatic carbocycles. The van der Waals surface area contributed by atoms with Gasteiger partial charge in [0.2, 0.25) is 17.6 Å². The van der Waals surface area contributed by atoms with Gasteiger partial charge < -0.3 is 38.9 Å². The van der Waals surface area contributed by atoms with Gasteiger partial charge in [0, 0.05) is 37.8 Å². The van der Waals surface area contributed by atoms with Gasteiger partial charge in [0.05, 0.1) is 18.2 Å². The maximum absolute atomic E-state index is 14.3. The summed E-state index contributed by atoms with van der Waals surface area (Å²) in [5, 5.41) is 6.39. The van der Waals surface area contributed by atoms with Crippen molar-refractivity contribution in [3.05, 3.63) is 30.0 Å². The number of likely N-dealkylation sites (tertiary alicyclic amines) is 1. The topological polar surface area (TPSA) is 146 Å². The van der Waals surface area contributed by atoms with Crippen molar-refractivity contribution in [2.75, 3.05) is 39.4 Å². The van der Waals surface area contributed by atoms with Crippen LogP contribution in [0.2, 0.25) is 0 Å². The highest BCUT2D eigenvalue weighted by Gasteiger charge is 2.47. The zero-order chi connectivity index (χ0) is 37.6. The number of halogens is 1. The molecule has 0 unspecified atom stereocenters. The first-order chi connectivity index (χ1) is 24.8. The van der Waals surface area contributed by atoms with E-state index in [1.165, 1.54) is 7.11 Å². The molecule has 0 radical (unpaired) electrons. The maximum atomic E-state index is 14.3. The molecule has 52 heavy (non-hydrogen) atoms. The van der Waals surface area contributed by atoms with E-state index in [1.54, 1.807) is 64.0 Å². The Morgan fingerprint density at radius 1 is 0.981 bits per heavy atom. The summed E-state index contributed by atoms with van der Waals surface area (Å²) in [6, 6.07) is 5.42. The minimum Gasteiger partial charge on any atom is -0.457 e. The van der Waals surface area contributed by atoms with Crippen LogP contribution in [0.3, 0.4) is 0 Å². The summed E-state index contributed by atoms with van der Waals surface area (Å²) in [6.45, 7) is 6.93. The van der Waals surface area contributed by atoms with E-state index < -0.39 is 36.4 Å². The number of hydrogen-bond donors (Lipinski definition) is 2. The molecule has 3 aliphatic rings. The van der Waals surface area contributed by atoms with Crippen molar-refractivity contribution in [1.29, 1.82) is 0 Å². The van der Waals surface area contributed by atoms with E-state index in [1.807, 2.05) is 0 Å². The largest absolute Gasteiger partial charge is 0.457 e. The zero-order valence-corrected chi connectivity index (χ0v) is 31.4. The predicted molar refractivity (Wildman–Crippen MR) is 193 cm³/mol. The molecule has 2 heterocycles. The summed E-state index contributed by atoms with van der Waals surface area (Å²) in [6.07, 6.45) is 6.02. The molecule has 2 aromatic rings. The number of alkyl halides is 1. The van der Waals surface area contributed by atoms with Gasteiger partial charge in [-0.05, 0) is 128 Å². The minimum absolute atomic E-state index is 0.000522. The third kappa shape index (κ3) is 9.83. The van der Waals surface area contributed by atoms with Crippen molar-refractivity contribution in [3.63, 3.8) is 0 Å². The fourth-order valence-electron chi connectivity index (χ4n) is 8.16. The molecule has 288 valence electrons. The molecule has 2 N–H and O–H groups in total. The van der Waals surface area contributed by atoms with E-state index in [2.05, 4.69) is 10.6 Å². The van der Waals surface area contributed by atoms with Crippen LogP contribution in [0.25, 0.3) is 11.0 Å². The molecule has 5 rings (SSSR count). The number of benzene rings is 1. The summed E-state index contributed by atoms with van der Waals surface area (Å²) in [4.78, 5) is 55.2. The number of hydrogen-bond acceptors (Lipinski definition) is 9. The van der Waals surface area contributed by atoms with Crippen molar-refractivity contribution >= 4 is 40.5 Å². The Labute approximate surface area is 305 Å². The molecular formula is C39H56FN3O9. The molecular weight excluding hydrogens is 673 g/mol. The summed E-state index contributed by atoms with van der Waals surface area (Å²) in [5.41, 5.74) is 0.313. The normalized spacial score (nSPS) is 26.4. The molecule has 13 heteroatoms. The van der Waals surface area contributed by atoms with Gasteiger partial charge in [-0.3, -0.25) is 9.59 Å². The van der Waals surface area contributed by atoms with E-state index in [0.29, 0.717) is 48.9 Å². The van der Waals surface area contributed by atoms with Crippen LogP contribution in [0.5, 0.6) is 0 Å². The number of rotatable bonds is 12. The first-order valence-electron chi connectivity index (χ1n) is 18.7. The van der Waals surface area contributed by atoms with Gasteiger partial charge in [-0.2, -0.15) is 0 Å². The van der Waals surface area contributed by atoms with E-state index in [0.717, 1.165) is 32.1 Å². The number of carbonyl (C=O) groups is 4. The lowest BCUT2D eigenvalue weighted by Gasteiger charge is -2.38. The summed E-state index contributed by atoms with van der Waals surface area (Å²) in [5.74, 6) is -0.958.